The van der Waals surface area contributed by atoms with Crippen LogP contribution in [0.3, 0.4) is 0 Å². The fourth-order valence-corrected chi connectivity index (χ4v) is 2.97. The van der Waals surface area contributed by atoms with Gasteiger partial charge in [0, 0.05) is 19.0 Å². The number of hydrogen-bond acceptors (Lipinski definition) is 2. The largest absolute Gasteiger partial charge is 0.335 e. The molecule has 3 nitrogen and oxygen atoms in total. The minimum Gasteiger partial charge on any atom is -0.335 e. The van der Waals surface area contributed by atoms with Crippen LogP contribution in [0, 0.1) is 11.3 Å². The zero-order valence-electron chi connectivity index (χ0n) is 14.0. The highest BCUT2D eigenvalue weighted by Gasteiger charge is 2.32. The summed E-state index contributed by atoms with van der Waals surface area (Å²) in [5, 5.41) is 8.89. The maximum atomic E-state index is 12.8. The number of nitriles is 1. The van der Waals surface area contributed by atoms with Gasteiger partial charge in [0.1, 0.15) is 0 Å². The van der Waals surface area contributed by atoms with Crippen molar-refractivity contribution in [1.82, 2.24) is 4.90 Å². The van der Waals surface area contributed by atoms with Crippen LogP contribution < -0.4 is 0 Å². The molecule has 1 saturated carbocycles. The zero-order valence-corrected chi connectivity index (χ0v) is 14.0. The van der Waals surface area contributed by atoms with Crippen LogP contribution >= 0.6 is 0 Å². The first-order valence-electron chi connectivity index (χ1n) is 8.51. The fraction of sp³-hybridized carbons (Fsp3) is 0.333. The molecule has 0 aromatic heterocycles. The third kappa shape index (κ3) is 4.02. The molecule has 2 aromatic carbocycles. The summed E-state index contributed by atoms with van der Waals surface area (Å²) in [6.07, 6.45) is 2.74. The Morgan fingerprint density at radius 2 is 1.83 bits per heavy atom. The van der Waals surface area contributed by atoms with E-state index in [0.29, 0.717) is 24.6 Å². The molecule has 0 aliphatic heterocycles. The SMILES string of the molecule is CC(CC(=O)N(Cc1ccc(C#N)cc1)C1CC1)c1ccccc1. The average Bonchev–Trinajstić information content (AvgIpc) is 3.45. The van der Waals surface area contributed by atoms with Crippen LogP contribution in [0.4, 0.5) is 0 Å². The van der Waals surface area contributed by atoms with Gasteiger partial charge in [-0.25, -0.2) is 0 Å². The van der Waals surface area contributed by atoms with Crippen molar-refractivity contribution in [3.63, 3.8) is 0 Å². The molecule has 1 amide bonds. The van der Waals surface area contributed by atoms with E-state index in [9.17, 15) is 4.79 Å². The summed E-state index contributed by atoms with van der Waals surface area (Å²) in [5.41, 5.74) is 2.95. The number of nitrogens with zero attached hydrogens (tertiary/aromatic N) is 2. The van der Waals surface area contributed by atoms with E-state index in [1.54, 1.807) is 0 Å². The molecular weight excluding hydrogens is 296 g/mol. The molecule has 1 fully saturated rings. The van der Waals surface area contributed by atoms with Gasteiger partial charge < -0.3 is 4.90 Å². The minimum absolute atomic E-state index is 0.221. The van der Waals surface area contributed by atoms with E-state index >= 15 is 0 Å². The maximum Gasteiger partial charge on any atom is 0.223 e. The number of rotatable bonds is 6. The van der Waals surface area contributed by atoms with Gasteiger partial charge in [0.15, 0.2) is 0 Å². The van der Waals surface area contributed by atoms with Crippen molar-refractivity contribution in [2.24, 2.45) is 0 Å². The van der Waals surface area contributed by atoms with Gasteiger partial charge in [0.2, 0.25) is 5.91 Å². The van der Waals surface area contributed by atoms with Crippen LogP contribution in [0.5, 0.6) is 0 Å². The van der Waals surface area contributed by atoms with E-state index in [2.05, 4.69) is 25.1 Å². The molecule has 24 heavy (non-hydrogen) atoms. The molecule has 122 valence electrons. The van der Waals surface area contributed by atoms with Crippen LogP contribution in [0.1, 0.15) is 48.8 Å². The molecule has 0 bridgehead atoms. The Morgan fingerprint density at radius 1 is 1.17 bits per heavy atom. The van der Waals surface area contributed by atoms with Crippen molar-refractivity contribution < 1.29 is 4.79 Å². The molecule has 3 rings (SSSR count). The quantitative estimate of drug-likeness (QED) is 0.799. The molecule has 0 spiro atoms. The molecule has 2 aromatic rings. The van der Waals surface area contributed by atoms with E-state index in [1.807, 2.05) is 47.4 Å². The van der Waals surface area contributed by atoms with Crippen molar-refractivity contribution in [1.29, 1.82) is 5.26 Å². The smallest absolute Gasteiger partial charge is 0.223 e. The monoisotopic (exact) mass is 318 g/mol. The van der Waals surface area contributed by atoms with E-state index in [4.69, 9.17) is 5.26 Å². The Kier molecular flexibility index (Phi) is 4.96. The van der Waals surface area contributed by atoms with Crippen molar-refractivity contribution in [2.45, 2.75) is 44.7 Å². The highest BCUT2D eigenvalue weighted by Crippen LogP contribution is 2.30. The minimum atomic E-state index is 0.221. The van der Waals surface area contributed by atoms with Crippen LogP contribution in [-0.2, 0) is 11.3 Å². The van der Waals surface area contributed by atoms with E-state index in [-0.39, 0.29) is 11.8 Å². The van der Waals surface area contributed by atoms with Crippen LogP contribution in [0.25, 0.3) is 0 Å². The van der Waals surface area contributed by atoms with Crippen LogP contribution in [0.2, 0.25) is 0 Å². The predicted octanol–water partition coefficient (Wildman–Crippen LogP) is 4.24. The summed E-state index contributed by atoms with van der Waals surface area (Å²) >= 11 is 0. The molecule has 0 radical (unpaired) electrons. The Bertz CT molecular complexity index is 727. The van der Waals surface area contributed by atoms with Crippen molar-refractivity contribution in [3.8, 4) is 6.07 Å². The van der Waals surface area contributed by atoms with Gasteiger partial charge in [0.05, 0.1) is 11.6 Å². The van der Waals surface area contributed by atoms with E-state index in [1.165, 1.54) is 5.56 Å². The third-order valence-electron chi connectivity index (χ3n) is 4.59. The summed E-state index contributed by atoms with van der Waals surface area (Å²) in [5.74, 6) is 0.444. The Labute approximate surface area is 143 Å². The predicted molar refractivity (Wildman–Crippen MR) is 94.2 cm³/mol. The number of carbonyl (C=O) groups excluding carboxylic acids is 1. The Balaban J connectivity index is 1.66. The molecule has 0 saturated heterocycles. The molecule has 1 atom stereocenters. The molecular formula is C21H22N2O. The Hall–Kier alpha value is -2.60. The topological polar surface area (TPSA) is 44.1 Å². The lowest BCUT2D eigenvalue weighted by Crippen LogP contribution is -2.33. The van der Waals surface area contributed by atoms with Gasteiger partial charge >= 0.3 is 0 Å². The second-order valence-electron chi connectivity index (χ2n) is 6.58. The lowest BCUT2D eigenvalue weighted by atomic mass is 9.97. The number of carbonyl (C=O) groups is 1. The van der Waals surface area contributed by atoms with E-state index in [0.717, 1.165) is 18.4 Å². The first-order chi connectivity index (χ1) is 11.7. The van der Waals surface area contributed by atoms with Crippen LogP contribution in [-0.4, -0.2) is 16.8 Å². The molecule has 0 N–H and O–H groups in total. The van der Waals surface area contributed by atoms with Crippen LogP contribution in [0.15, 0.2) is 54.6 Å². The summed E-state index contributed by atoms with van der Waals surface area (Å²) in [6, 6.07) is 20.2. The molecule has 1 aliphatic rings. The van der Waals surface area contributed by atoms with Crippen molar-refractivity contribution >= 4 is 5.91 Å². The fourth-order valence-electron chi connectivity index (χ4n) is 2.97. The number of hydrogen-bond donors (Lipinski definition) is 0. The van der Waals surface area contributed by atoms with E-state index < -0.39 is 0 Å². The lowest BCUT2D eigenvalue weighted by molar-refractivity contribution is -0.132. The molecule has 1 aliphatic carbocycles. The maximum absolute atomic E-state index is 12.8. The summed E-state index contributed by atoms with van der Waals surface area (Å²) in [7, 11) is 0. The molecule has 0 heterocycles. The second-order valence-corrected chi connectivity index (χ2v) is 6.58. The van der Waals surface area contributed by atoms with Gasteiger partial charge in [-0.15, -0.1) is 0 Å². The zero-order chi connectivity index (χ0) is 16.9. The van der Waals surface area contributed by atoms with Gasteiger partial charge in [-0.2, -0.15) is 5.26 Å². The standard InChI is InChI=1S/C21H22N2O/c1-16(19-5-3-2-4-6-19)13-21(24)23(20-11-12-20)15-18-9-7-17(14-22)8-10-18/h2-10,16,20H,11-13,15H2,1H3. The third-order valence-corrected chi connectivity index (χ3v) is 4.59. The molecule has 1 unspecified atom stereocenters. The summed E-state index contributed by atoms with van der Waals surface area (Å²) < 4.78 is 0. The van der Waals surface area contributed by atoms with Gasteiger partial charge in [-0.3, -0.25) is 4.79 Å². The summed E-state index contributed by atoms with van der Waals surface area (Å²) in [6.45, 7) is 2.75. The number of benzene rings is 2. The van der Waals surface area contributed by atoms with Gasteiger partial charge in [-0.1, -0.05) is 49.4 Å². The highest BCUT2D eigenvalue weighted by atomic mass is 16.2. The Morgan fingerprint density at radius 3 is 2.42 bits per heavy atom. The van der Waals surface area contributed by atoms with Gasteiger partial charge in [-0.05, 0) is 42.0 Å². The summed E-state index contributed by atoms with van der Waals surface area (Å²) in [4.78, 5) is 14.8. The number of amides is 1. The second kappa shape index (κ2) is 7.31. The van der Waals surface area contributed by atoms with Crippen molar-refractivity contribution in [2.75, 3.05) is 0 Å². The van der Waals surface area contributed by atoms with Crippen molar-refractivity contribution in [3.05, 3.63) is 71.3 Å². The molecule has 3 heteroatoms. The van der Waals surface area contributed by atoms with Gasteiger partial charge in [0.25, 0.3) is 0 Å². The normalized spacial score (nSPS) is 14.7. The highest BCUT2D eigenvalue weighted by molar-refractivity contribution is 5.77. The first-order valence-corrected chi connectivity index (χ1v) is 8.51. The lowest BCUT2D eigenvalue weighted by Gasteiger charge is -2.24. The average molecular weight is 318 g/mol. The first kappa shape index (κ1) is 16.3.